The third-order valence-corrected chi connectivity index (χ3v) is 3.04. The Bertz CT molecular complexity index is 419. The van der Waals surface area contributed by atoms with Gasteiger partial charge in [0.05, 0.1) is 4.92 Å². The lowest BCUT2D eigenvalue weighted by Gasteiger charge is -2.24. The number of nitrogens with zero attached hydrogens (tertiary/aromatic N) is 1. The predicted molar refractivity (Wildman–Crippen MR) is 65.6 cm³/mol. The summed E-state index contributed by atoms with van der Waals surface area (Å²) in [5.74, 6) is 0. The predicted octanol–water partition coefficient (Wildman–Crippen LogP) is 2.84. The average molecular weight is 257 g/mol. The van der Waals surface area contributed by atoms with Crippen molar-refractivity contribution in [1.82, 2.24) is 0 Å². The summed E-state index contributed by atoms with van der Waals surface area (Å²) < 4.78 is 5.26. The minimum atomic E-state index is -0.486. The van der Waals surface area contributed by atoms with Gasteiger partial charge in [-0.2, -0.15) is 0 Å². The molecule has 0 bridgehead atoms. The monoisotopic (exact) mass is 256 g/mol. The van der Waals surface area contributed by atoms with Crippen molar-refractivity contribution >= 4 is 23.0 Å². The molecule has 0 aliphatic carbocycles. The fraction of sp³-hybridized carbons (Fsp3) is 0.455. The van der Waals surface area contributed by atoms with Crippen LogP contribution in [0.2, 0.25) is 5.02 Å². The highest BCUT2D eigenvalue weighted by Gasteiger charge is 2.16. The molecule has 0 spiro atoms. The van der Waals surface area contributed by atoms with Crippen molar-refractivity contribution in [1.29, 1.82) is 0 Å². The van der Waals surface area contributed by atoms with E-state index in [4.69, 9.17) is 16.3 Å². The molecule has 2 rings (SSSR count). The second kappa shape index (κ2) is 5.33. The molecule has 0 atom stereocenters. The van der Waals surface area contributed by atoms with Crippen LogP contribution in [0, 0.1) is 10.1 Å². The lowest BCUT2D eigenvalue weighted by atomic mass is 10.1. The molecular weight excluding hydrogens is 244 g/mol. The molecule has 0 radical (unpaired) electrons. The van der Waals surface area contributed by atoms with Crippen molar-refractivity contribution in [2.75, 3.05) is 18.5 Å². The van der Waals surface area contributed by atoms with Crippen LogP contribution < -0.4 is 5.32 Å². The molecule has 1 aliphatic heterocycles. The van der Waals surface area contributed by atoms with Gasteiger partial charge in [0.15, 0.2) is 0 Å². The van der Waals surface area contributed by atoms with Crippen LogP contribution in [0.15, 0.2) is 18.2 Å². The molecule has 0 aromatic heterocycles. The molecule has 1 aromatic rings. The zero-order chi connectivity index (χ0) is 12.3. The maximum atomic E-state index is 10.6. The average Bonchev–Trinajstić information content (AvgIpc) is 2.30. The number of anilines is 1. The number of hydrogen-bond acceptors (Lipinski definition) is 4. The minimum absolute atomic E-state index is 0.0656. The minimum Gasteiger partial charge on any atom is -0.382 e. The molecule has 6 heteroatoms. The van der Waals surface area contributed by atoms with E-state index in [9.17, 15) is 10.1 Å². The Balaban J connectivity index is 2.06. The quantitative estimate of drug-likeness (QED) is 0.667. The summed E-state index contributed by atoms with van der Waals surface area (Å²) in [7, 11) is 0. The molecule has 1 aliphatic rings. The number of hydrogen-bond donors (Lipinski definition) is 1. The van der Waals surface area contributed by atoms with Crippen molar-refractivity contribution in [3.63, 3.8) is 0 Å². The second-order valence-corrected chi connectivity index (χ2v) is 4.36. The Hall–Kier alpha value is -1.33. The molecule has 1 aromatic carbocycles. The second-order valence-electron chi connectivity index (χ2n) is 3.95. The molecule has 0 saturated carbocycles. The van der Waals surface area contributed by atoms with Crippen LogP contribution in [0.3, 0.4) is 0 Å². The van der Waals surface area contributed by atoms with Crippen LogP contribution in [0.25, 0.3) is 0 Å². The zero-order valence-corrected chi connectivity index (χ0v) is 9.94. The highest BCUT2D eigenvalue weighted by molar-refractivity contribution is 6.32. The molecule has 0 amide bonds. The van der Waals surface area contributed by atoms with Crippen molar-refractivity contribution < 1.29 is 9.66 Å². The number of rotatable bonds is 3. The molecule has 1 saturated heterocycles. The van der Waals surface area contributed by atoms with Gasteiger partial charge in [-0.25, -0.2) is 0 Å². The summed E-state index contributed by atoms with van der Waals surface area (Å²) in [6.07, 6.45) is 1.88. The smallest absolute Gasteiger partial charge is 0.288 e. The summed E-state index contributed by atoms with van der Waals surface area (Å²) >= 11 is 5.84. The molecule has 17 heavy (non-hydrogen) atoms. The molecule has 1 N–H and O–H groups in total. The van der Waals surface area contributed by atoms with Crippen LogP contribution in [-0.4, -0.2) is 24.2 Å². The van der Waals surface area contributed by atoms with Crippen molar-refractivity contribution in [3.8, 4) is 0 Å². The molecule has 1 heterocycles. The third-order valence-electron chi connectivity index (χ3n) is 2.74. The van der Waals surface area contributed by atoms with Crippen LogP contribution in [0.4, 0.5) is 11.4 Å². The third kappa shape index (κ3) is 3.08. The van der Waals surface area contributed by atoms with Crippen LogP contribution in [0.1, 0.15) is 12.8 Å². The number of benzene rings is 1. The highest BCUT2D eigenvalue weighted by Crippen LogP contribution is 2.28. The lowest BCUT2D eigenvalue weighted by Crippen LogP contribution is -2.27. The Kier molecular flexibility index (Phi) is 3.81. The van der Waals surface area contributed by atoms with Gasteiger partial charge in [-0.3, -0.25) is 10.1 Å². The van der Waals surface area contributed by atoms with E-state index in [-0.39, 0.29) is 10.7 Å². The molecule has 92 valence electrons. The fourth-order valence-corrected chi connectivity index (χ4v) is 2.07. The maximum absolute atomic E-state index is 10.6. The Morgan fingerprint density at radius 2 is 2.12 bits per heavy atom. The van der Waals surface area contributed by atoms with Gasteiger partial charge in [0, 0.05) is 31.0 Å². The lowest BCUT2D eigenvalue weighted by molar-refractivity contribution is -0.384. The van der Waals surface area contributed by atoms with E-state index in [1.54, 1.807) is 12.1 Å². The van der Waals surface area contributed by atoms with E-state index in [1.165, 1.54) is 6.07 Å². The Labute approximate surface area is 104 Å². The molecule has 1 fully saturated rings. The topological polar surface area (TPSA) is 64.4 Å². The van der Waals surface area contributed by atoms with Gasteiger partial charge in [0.2, 0.25) is 0 Å². The molecule has 5 nitrogen and oxygen atoms in total. The van der Waals surface area contributed by atoms with Crippen LogP contribution >= 0.6 is 11.6 Å². The van der Waals surface area contributed by atoms with E-state index in [0.29, 0.717) is 6.04 Å². The van der Waals surface area contributed by atoms with Crippen molar-refractivity contribution in [3.05, 3.63) is 33.3 Å². The zero-order valence-electron chi connectivity index (χ0n) is 9.19. The SMILES string of the molecule is O=[N+]([O-])c1ccc(NC2CCOCC2)cc1Cl. The first-order valence-electron chi connectivity index (χ1n) is 5.45. The van der Waals surface area contributed by atoms with Gasteiger partial charge < -0.3 is 10.1 Å². The molecule has 0 unspecified atom stereocenters. The van der Waals surface area contributed by atoms with E-state index in [1.807, 2.05) is 0 Å². The highest BCUT2D eigenvalue weighted by atomic mass is 35.5. The normalized spacial score (nSPS) is 16.8. The largest absolute Gasteiger partial charge is 0.382 e. The summed E-state index contributed by atoms with van der Waals surface area (Å²) in [6, 6.07) is 5.04. The fourth-order valence-electron chi connectivity index (χ4n) is 1.82. The van der Waals surface area contributed by atoms with E-state index >= 15 is 0 Å². The van der Waals surface area contributed by atoms with Gasteiger partial charge >= 0.3 is 0 Å². The number of nitrogens with one attached hydrogen (secondary N) is 1. The van der Waals surface area contributed by atoms with Gasteiger partial charge in [0.1, 0.15) is 5.02 Å². The first-order chi connectivity index (χ1) is 8.16. The summed E-state index contributed by atoms with van der Waals surface area (Å²) in [5, 5.41) is 14.1. The summed E-state index contributed by atoms with van der Waals surface area (Å²) in [4.78, 5) is 10.1. The molecular formula is C11H13ClN2O3. The van der Waals surface area contributed by atoms with Gasteiger partial charge in [0.25, 0.3) is 5.69 Å². The standard InChI is InChI=1S/C11H13ClN2O3/c12-10-7-9(1-2-11(10)14(15)16)13-8-3-5-17-6-4-8/h1-2,7-8,13H,3-6H2. The van der Waals surface area contributed by atoms with E-state index in [0.717, 1.165) is 31.7 Å². The Morgan fingerprint density at radius 1 is 1.41 bits per heavy atom. The van der Waals surface area contributed by atoms with E-state index in [2.05, 4.69) is 5.32 Å². The number of halogens is 1. The van der Waals surface area contributed by atoms with Crippen LogP contribution in [-0.2, 0) is 4.74 Å². The first-order valence-corrected chi connectivity index (χ1v) is 5.83. The maximum Gasteiger partial charge on any atom is 0.288 e. The number of nitro benzene ring substituents is 1. The van der Waals surface area contributed by atoms with Gasteiger partial charge in [-0.15, -0.1) is 0 Å². The summed E-state index contributed by atoms with van der Waals surface area (Å²) in [5.41, 5.74) is 0.747. The van der Waals surface area contributed by atoms with Gasteiger partial charge in [-0.05, 0) is 25.0 Å². The number of ether oxygens (including phenoxy) is 1. The van der Waals surface area contributed by atoms with Crippen molar-refractivity contribution in [2.24, 2.45) is 0 Å². The van der Waals surface area contributed by atoms with Crippen LogP contribution in [0.5, 0.6) is 0 Å². The van der Waals surface area contributed by atoms with Crippen molar-refractivity contribution in [2.45, 2.75) is 18.9 Å². The number of nitro groups is 1. The summed E-state index contributed by atoms with van der Waals surface area (Å²) in [6.45, 7) is 1.50. The van der Waals surface area contributed by atoms with Gasteiger partial charge in [-0.1, -0.05) is 11.6 Å². The van der Waals surface area contributed by atoms with E-state index < -0.39 is 4.92 Å². The first kappa shape index (κ1) is 12.1. The Morgan fingerprint density at radius 3 is 2.71 bits per heavy atom.